The fourth-order valence-corrected chi connectivity index (χ4v) is 1.65. The lowest BCUT2D eigenvalue weighted by Gasteiger charge is -2.09. The molecule has 1 saturated heterocycles. The zero-order chi connectivity index (χ0) is 7.94. The maximum Gasteiger partial charge on any atom is 0.0621 e. The van der Waals surface area contributed by atoms with Gasteiger partial charge in [-0.15, -0.1) is 12.4 Å². The number of nitriles is 1. The van der Waals surface area contributed by atoms with Crippen molar-refractivity contribution in [2.75, 3.05) is 13.1 Å². The summed E-state index contributed by atoms with van der Waals surface area (Å²) in [6, 6.07) is 2.21. The first-order valence-electron chi connectivity index (χ1n) is 4.51. The van der Waals surface area contributed by atoms with Crippen LogP contribution < -0.4 is 5.32 Å². The summed E-state index contributed by atoms with van der Waals surface area (Å²) in [7, 11) is 0. The number of hydrogen-bond donors (Lipinski definition) is 1. The monoisotopic (exact) mass is 188 g/mol. The number of nitrogens with zero attached hydrogens (tertiary/aromatic N) is 1. The van der Waals surface area contributed by atoms with E-state index in [1.165, 1.54) is 25.8 Å². The Balaban J connectivity index is 0.00000121. The van der Waals surface area contributed by atoms with E-state index < -0.39 is 0 Å². The molecule has 1 unspecified atom stereocenters. The van der Waals surface area contributed by atoms with Crippen molar-refractivity contribution >= 4 is 12.4 Å². The second kappa shape index (κ2) is 7.39. The molecule has 1 heterocycles. The maximum absolute atomic E-state index is 8.40. The van der Waals surface area contributed by atoms with Crippen molar-refractivity contribution in [2.45, 2.75) is 32.1 Å². The van der Waals surface area contributed by atoms with E-state index in [0.717, 1.165) is 25.3 Å². The van der Waals surface area contributed by atoms with Crippen LogP contribution in [0.4, 0.5) is 0 Å². The van der Waals surface area contributed by atoms with Crippen LogP contribution in [-0.2, 0) is 0 Å². The molecule has 1 N–H and O–H groups in total. The van der Waals surface area contributed by atoms with E-state index in [9.17, 15) is 0 Å². The van der Waals surface area contributed by atoms with Crippen molar-refractivity contribution in [2.24, 2.45) is 5.92 Å². The van der Waals surface area contributed by atoms with Gasteiger partial charge in [0.1, 0.15) is 0 Å². The molecule has 12 heavy (non-hydrogen) atoms. The highest BCUT2D eigenvalue weighted by atomic mass is 35.5. The topological polar surface area (TPSA) is 35.8 Å². The van der Waals surface area contributed by atoms with E-state index in [1.54, 1.807) is 0 Å². The molecule has 1 rings (SSSR count). The molecular formula is C9H17ClN2. The van der Waals surface area contributed by atoms with Crippen LogP contribution in [0.3, 0.4) is 0 Å². The molecule has 0 saturated carbocycles. The predicted molar refractivity (Wildman–Crippen MR) is 52.3 cm³/mol. The van der Waals surface area contributed by atoms with Crippen molar-refractivity contribution in [1.82, 2.24) is 5.32 Å². The van der Waals surface area contributed by atoms with Gasteiger partial charge in [0.05, 0.1) is 6.07 Å². The Morgan fingerprint density at radius 2 is 2.17 bits per heavy atom. The summed E-state index contributed by atoms with van der Waals surface area (Å²) < 4.78 is 0. The second-order valence-electron chi connectivity index (χ2n) is 3.24. The highest BCUT2D eigenvalue weighted by Gasteiger charge is 2.10. The second-order valence-corrected chi connectivity index (χ2v) is 3.24. The van der Waals surface area contributed by atoms with Crippen molar-refractivity contribution < 1.29 is 0 Å². The van der Waals surface area contributed by atoms with Crippen LogP contribution in [0.5, 0.6) is 0 Å². The molecule has 3 heteroatoms. The molecule has 0 aromatic heterocycles. The molecule has 1 fully saturated rings. The van der Waals surface area contributed by atoms with Crippen LogP contribution in [0.15, 0.2) is 0 Å². The van der Waals surface area contributed by atoms with Crippen LogP contribution >= 0.6 is 12.4 Å². The maximum atomic E-state index is 8.40. The third-order valence-electron chi connectivity index (χ3n) is 2.36. The smallest absolute Gasteiger partial charge is 0.0621 e. The molecule has 0 amide bonds. The van der Waals surface area contributed by atoms with E-state index in [-0.39, 0.29) is 12.4 Å². The first-order valence-corrected chi connectivity index (χ1v) is 4.51. The fourth-order valence-electron chi connectivity index (χ4n) is 1.65. The summed E-state index contributed by atoms with van der Waals surface area (Å²) in [6.45, 7) is 2.32. The Kier molecular flexibility index (Phi) is 7.23. The number of rotatable bonds is 2. The van der Waals surface area contributed by atoms with Crippen molar-refractivity contribution in [1.29, 1.82) is 5.26 Å². The van der Waals surface area contributed by atoms with Crippen LogP contribution in [0.2, 0.25) is 0 Å². The van der Waals surface area contributed by atoms with Crippen molar-refractivity contribution in [3.63, 3.8) is 0 Å². The zero-order valence-corrected chi connectivity index (χ0v) is 8.20. The fraction of sp³-hybridized carbons (Fsp3) is 0.889. The summed E-state index contributed by atoms with van der Waals surface area (Å²) in [5, 5.41) is 11.8. The SMILES string of the molecule is Cl.N#CCCC1CCCNCC1. The highest BCUT2D eigenvalue weighted by molar-refractivity contribution is 5.85. The standard InChI is InChI=1S/C9H16N2.ClH/c10-6-1-3-9-4-2-7-11-8-5-9;/h9,11H,1-5,7-8H2;1H. The first kappa shape index (κ1) is 11.7. The van der Waals surface area contributed by atoms with Gasteiger partial charge < -0.3 is 5.32 Å². The van der Waals surface area contributed by atoms with E-state index in [4.69, 9.17) is 5.26 Å². The number of halogens is 1. The molecule has 1 aliphatic rings. The minimum atomic E-state index is 0. The zero-order valence-electron chi connectivity index (χ0n) is 7.38. The molecule has 70 valence electrons. The van der Waals surface area contributed by atoms with Gasteiger partial charge in [0.2, 0.25) is 0 Å². The van der Waals surface area contributed by atoms with Gasteiger partial charge >= 0.3 is 0 Å². The average molecular weight is 189 g/mol. The summed E-state index contributed by atoms with van der Waals surface area (Å²) in [5.41, 5.74) is 0. The quantitative estimate of drug-likeness (QED) is 0.721. The first-order chi connectivity index (χ1) is 5.43. The lowest BCUT2D eigenvalue weighted by atomic mass is 9.96. The van der Waals surface area contributed by atoms with Gasteiger partial charge in [0, 0.05) is 6.42 Å². The Labute approximate surface area is 80.7 Å². The van der Waals surface area contributed by atoms with E-state index in [0.29, 0.717) is 0 Å². The van der Waals surface area contributed by atoms with Gasteiger partial charge in [-0.3, -0.25) is 0 Å². The molecule has 0 bridgehead atoms. The number of hydrogen-bond acceptors (Lipinski definition) is 2. The Hall–Kier alpha value is -0.260. The third-order valence-corrected chi connectivity index (χ3v) is 2.36. The largest absolute Gasteiger partial charge is 0.317 e. The molecule has 1 aliphatic heterocycles. The molecule has 1 atom stereocenters. The van der Waals surface area contributed by atoms with E-state index in [2.05, 4.69) is 11.4 Å². The molecule has 0 radical (unpaired) electrons. The lowest BCUT2D eigenvalue weighted by molar-refractivity contribution is 0.444. The van der Waals surface area contributed by atoms with Gasteiger partial charge in [-0.1, -0.05) is 0 Å². The van der Waals surface area contributed by atoms with Gasteiger partial charge in [-0.2, -0.15) is 5.26 Å². The van der Waals surface area contributed by atoms with Crippen LogP contribution in [0.1, 0.15) is 32.1 Å². The lowest BCUT2D eigenvalue weighted by Crippen LogP contribution is -2.14. The Morgan fingerprint density at radius 1 is 1.33 bits per heavy atom. The minimum Gasteiger partial charge on any atom is -0.317 e. The predicted octanol–water partition coefficient (Wildman–Crippen LogP) is 2.10. The Bertz CT molecular complexity index is 134. The van der Waals surface area contributed by atoms with Gasteiger partial charge in [-0.25, -0.2) is 0 Å². The van der Waals surface area contributed by atoms with Crippen LogP contribution in [-0.4, -0.2) is 13.1 Å². The summed E-state index contributed by atoms with van der Waals surface area (Å²) in [4.78, 5) is 0. The minimum absolute atomic E-state index is 0. The third kappa shape index (κ3) is 4.58. The van der Waals surface area contributed by atoms with Gasteiger partial charge in [-0.05, 0) is 44.7 Å². The van der Waals surface area contributed by atoms with Crippen LogP contribution in [0.25, 0.3) is 0 Å². The van der Waals surface area contributed by atoms with Gasteiger partial charge in [0.15, 0.2) is 0 Å². The molecule has 0 aromatic rings. The summed E-state index contributed by atoms with van der Waals surface area (Å²) >= 11 is 0. The molecule has 2 nitrogen and oxygen atoms in total. The van der Waals surface area contributed by atoms with E-state index >= 15 is 0 Å². The number of nitrogens with one attached hydrogen (secondary N) is 1. The molecule has 0 spiro atoms. The molecule has 0 aliphatic carbocycles. The molecule has 0 aromatic carbocycles. The van der Waals surface area contributed by atoms with E-state index in [1.807, 2.05) is 0 Å². The summed E-state index contributed by atoms with van der Waals surface area (Å²) in [6.07, 6.45) is 5.72. The summed E-state index contributed by atoms with van der Waals surface area (Å²) in [5.74, 6) is 0.810. The molecular weight excluding hydrogens is 172 g/mol. The average Bonchev–Trinajstić information content (AvgIpc) is 2.28. The Morgan fingerprint density at radius 3 is 2.92 bits per heavy atom. The highest BCUT2D eigenvalue weighted by Crippen LogP contribution is 2.18. The van der Waals surface area contributed by atoms with Gasteiger partial charge in [0.25, 0.3) is 0 Å². The normalized spacial score (nSPS) is 23.4. The van der Waals surface area contributed by atoms with Crippen molar-refractivity contribution in [3.05, 3.63) is 0 Å². The van der Waals surface area contributed by atoms with Crippen LogP contribution in [0, 0.1) is 17.2 Å². The van der Waals surface area contributed by atoms with Crippen molar-refractivity contribution in [3.8, 4) is 6.07 Å².